The molecule has 0 aliphatic rings. The molecule has 0 saturated carbocycles. The lowest BCUT2D eigenvalue weighted by molar-refractivity contribution is -0.138. The maximum atomic E-state index is 12.4. The van der Waals surface area contributed by atoms with Crippen molar-refractivity contribution in [1.82, 2.24) is 0 Å². The number of benzene rings is 1. The number of rotatable bonds is 2. The molecule has 1 atom stereocenters. The molecular weight excluding hydrogens is 234 g/mol. The minimum atomic E-state index is -4.30. The van der Waals surface area contributed by atoms with Gasteiger partial charge in [-0.15, -0.1) is 12.4 Å². The molecule has 1 aromatic rings. The molecule has 15 heavy (non-hydrogen) atoms. The van der Waals surface area contributed by atoms with Crippen LogP contribution in [0, 0.1) is 5.82 Å². The number of hydrogen-bond donors (Lipinski definition) is 1. The Morgan fingerprint density at radius 3 is 2.00 bits per heavy atom. The van der Waals surface area contributed by atoms with Crippen molar-refractivity contribution in [2.75, 3.05) is 0 Å². The van der Waals surface area contributed by atoms with Crippen LogP contribution >= 0.6 is 12.4 Å². The Morgan fingerprint density at radius 1 is 1.13 bits per heavy atom. The van der Waals surface area contributed by atoms with Gasteiger partial charge in [0.15, 0.2) is 0 Å². The molecule has 86 valence electrons. The highest BCUT2D eigenvalue weighted by Gasteiger charge is 2.30. The van der Waals surface area contributed by atoms with Crippen molar-refractivity contribution < 1.29 is 17.6 Å². The molecule has 1 nitrogen and oxygen atoms in total. The SMILES string of the molecule is Cl.N[C@H](CC(F)(F)F)c1ccc(F)cc1. The quantitative estimate of drug-likeness (QED) is 0.793. The van der Waals surface area contributed by atoms with Crippen LogP contribution < -0.4 is 5.73 Å². The molecule has 0 spiro atoms. The number of nitrogens with two attached hydrogens (primary N) is 1. The monoisotopic (exact) mass is 243 g/mol. The van der Waals surface area contributed by atoms with Gasteiger partial charge in [-0.2, -0.15) is 13.2 Å². The van der Waals surface area contributed by atoms with Gasteiger partial charge in [0.05, 0.1) is 6.42 Å². The molecule has 0 bridgehead atoms. The third-order valence-corrected chi connectivity index (χ3v) is 1.75. The van der Waals surface area contributed by atoms with Crippen LogP contribution in [-0.2, 0) is 0 Å². The highest BCUT2D eigenvalue weighted by Crippen LogP contribution is 2.27. The van der Waals surface area contributed by atoms with Gasteiger partial charge < -0.3 is 5.73 Å². The van der Waals surface area contributed by atoms with E-state index in [0.717, 1.165) is 12.1 Å². The van der Waals surface area contributed by atoms with Crippen LogP contribution in [0.5, 0.6) is 0 Å². The Bertz CT molecular complexity index is 296. The maximum absolute atomic E-state index is 12.4. The summed E-state index contributed by atoms with van der Waals surface area (Å²) in [5, 5.41) is 0. The summed E-state index contributed by atoms with van der Waals surface area (Å²) in [5.74, 6) is -0.493. The van der Waals surface area contributed by atoms with Crippen molar-refractivity contribution in [1.29, 1.82) is 0 Å². The number of alkyl halides is 3. The van der Waals surface area contributed by atoms with E-state index in [1.54, 1.807) is 0 Å². The zero-order valence-electron chi connectivity index (χ0n) is 7.59. The minimum absolute atomic E-state index is 0. The van der Waals surface area contributed by atoms with E-state index >= 15 is 0 Å². The predicted molar refractivity (Wildman–Crippen MR) is 51.2 cm³/mol. The molecule has 0 amide bonds. The fourth-order valence-electron chi connectivity index (χ4n) is 1.08. The fraction of sp³-hybridized carbons (Fsp3) is 0.333. The van der Waals surface area contributed by atoms with Gasteiger partial charge in [0.25, 0.3) is 0 Å². The first-order chi connectivity index (χ1) is 6.38. The first kappa shape index (κ1) is 14.2. The highest BCUT2D eigenvalue weighted by atomic mass is 35.5. The zero-order valence-corrected chi connectivity index (χ0v) is 8.41. The predicted octanol–water partition coefficient (Wildman–Crippen LogP) is 3.20. The second-order valence-electron chi connectivity index (χ2n) is 2.98. The first-order valence-corrected chi connectivity index (χ1v) is 3.96. The summed E-state index contributed by atoms with van der Waals surface area (Å²) in [6.45, 7) is 0. The molecule has 0 aromatic heterocycles. The molecule has 0 heterocycles. The molecule has 1 aromatic carbocycles. The third kappa shape index (κ3) is 4.99. The molecule has 0 radical (unpaired) electrons. The molecule has 1 rings (SSSR count). The highest BCUT2D eigenvalue weighted by molar-refractivity contribution is 5.85. The molecular formula is C9H10ClF4N. The first-order valence-electron chi connectivity index (χ1n) is 3.96. The van der Waals surface area contributed by atoms with Gasteiger partial charge in [0, 0.05) is 6.04 Å². The lowest BCUT2D eigenvalue weighted by Gasteiger charge is -2.14. The van der Waals surface area contributed by atoms with Crippen LogP contribution in [-0.4, -0.2) is 6.18 Å². The second kappa shape index (κ2) is 5.32. The van der Waals surface area contributed by atoms with E-state index in [9.17, 15) is 17.6 Å². The average Bonchev–Trinajstić information content (AvgIpc) is 2.02. The molecule has 0 fully saturated rings. The summed E-state index contributed by atoms with van der Waals surface area (Å²) in [4.78, 5) is 0. The largest absolute Gasteiger partial charge is 0.390 e. The molecule has 0 aliphatic heterocycles. The van der Waals surface area contributed by atoms with E-state index < -0.39 is 24.5 Å². The van der Waals surface area contributed by atoms with Crippen molar-refractivity contribution in [3.63, 3.8) is 0 Å². The van der Waals surface area contributed by atoms with E-state index in [2.05, 4.69) is 0 Å². The van der Waals surface area contributed by atoms with Gasteiger partial charge >= 0.3 is 6.18 Å². The fourth-order valence-corrected chi connectivity index (χ4v) is 1.08. The summed E-state index contributed by atoms with van der Waals surface area (Å²) in [7, 11) is 0. The normalized spacial score (nSPS) is 13.1. The summed E-state index contributed by atoms with van der Waals surface area (Å²) in [6.07, 6.45) is -5.40. The molecule has 2 N–H and O–H groups in total. The Hall–Kier alpha value is -0.810. The summed E-state index contributed by atoms with van der Waals surface area (Å²) in [6, 6.07) is 3.56. The number of halogens is 5. The van der Waals surface area contributed by atoms with Crippen LogP contribution in [0.4, 0.5) is 17.6 Å². The van der Waals surface area contributed by atoms with E-state index in [1.807, 2.05) is 0 Å². The van der Waals surface area contributed by atoms with E-state index in [-0.39, 0.29) is 18.0 Å². The maximum Gasteiger partial charge on any atom is 0.390 e. The third-order valence-electron chi connectivity index (χ3n) is 1.75. The Labute approximate surface area is 90.7 Å². The van der Waals surface area contributed by atoms with Crippen LogP contribution in [0.25, 0.3) is 0 Å². The second-order valence-corrected chi connectivity index (χ2v) is 2.98. The van der Waals surface area contributed by atoms with Gasteiger partial charge in [-0.05, 0) is 17.7 Å². The van der Waals surface area contributed by atoms with Gasteiger partial charge in [-0.3, -0.25) is 0 Å². The zero-order chi connectivity index (χ0) is 10.8. The van der Waals surface area contributed by atoms with Crippen molar-refractivity contribution in [3.05, 3.63) is 35.6 Å². The average molecular weight is 244 g/mol. The van der Waals surface area contributed by atoms with Gasteiger partial charge in [-0.25, -0.2) is 4.39 Å². The van der Waals surface area contributed by atoms with Crippen molar-refractivity contribution in [2.45, 2.75) is 18.6 Å². The van der Waals surface area contributed by atoms with Crippen LogP contribution in [0.3, 0.4) is 0 Å². The Kier molecular flexibility index (Phi) is 5.03. The van der Waals surface area contributed by atoms with Crippen molar-refractivity contribution >= 4 is 12.4 Å². The Morgan fingerprint density at radius 2 is 1.60 bits per heavy atom. The lowest BCUT2D eigenvalue weighted by atomic mass is 10.0. The minimum Gasteiger partial charge on any atom is -0.324 e. The molecule has 0 saturated heterocycles. The Balaban J connectivity index is 0.00000196. The standard InChI is InChI=1S/C9H9F4N.ClH/c10-7-3-1-6(2-4-7)8(14)5-9(11,12)13;/h1-4,8H,5,14H2;1H/t8-;/m1./s1. The molecule has 0 aliphatic carbocycles. The number of hydrogen-bond acceptors (Lipinski definition) is 1. The van der Waals surface area contributed by atoms with E-state index in [0.29, 0.717) is 0 Å². The molecule has 0 unspecified atom stereocenters. The lowest BCUT2D eigenvalue weighted by Crippen LogP contribution is -2.20. The summed E-state index contributed by atoms with van der Waals surface area (Å²) < 4.78 is 48.2. The van der Waals surface area contributed by atoms with E-state index in [1.165, 1.54) is 12.1 Å². The van der Waals surface area contributed by atoms with Crippen LogP contribution in [0.15, 0.2) is 24.3 Å². The molecule has 6 heteroatoms. The van der Waals surface area contributed by atoms with Crippen molar-refractivity contribution in [2.24, 2.45) is 5.73 Å². The summed E-state index contributed by atoms with van der Waals surface area (Å²) in [5.41, 5.74) is 5.57. The van der Waals surface area contributed by atoms with Gasteiger partial charge in [0.2, 0.25) is 0 Å². The van der Waals surface area contributed by atoms with Crippen LogP contribution in [0.2, 0.25) is 0 Å². The van der Waals surface area contributed by atoms with Crippen LogP contribution in [0.1, 0.15) is 18.0 Å². The topological polar surface area (TPSA) is 26.0 Å². The summed E-state index contributed by atoms with van der Waals surface area (Å²) >= 11 is 0. The van der Waals surface area contributed by atoms with Gasteiger partial charge in [0.1, 0.15) is 5.82 Å². The van der Waals surface area contributed by atoms with E-state index in [4.69, 9.17) is 5.73 Å². The van der Waals surface area contributed by atoms with Gasteiger partial charge in [-0.1, -0.05) is 12.1 Å². The van der Waals surface area contributed by atoms with Crippen molar-refractivity contribution in [3.8, 4) is 0 Å². The smallest absolute Gasteiger partial charge is 0.324 e.